The van der Waals surface area contributed by atoms with Gasteiger partial charge < -0.3 is 14.0 Å². The third-order valence-electron chi connectivity index (χ3n) is 9.13. The molecule has 0 N–H and O–H groups in total. The van der Waals surface area contributed by atoms with Gasteiger partial charge in [0, 0.05) is 34.6 Å². The Labute approximate surface area is 237 Å². The number of nitrogens with zero attached hydrogens (tertiary/aromatic N) is 2. The minimum absolute atomic E-state index is 0.0615. The van der Waals surface area contributed by atoms with E-state index in [-0.39, 0.29) is 11.7 Å². The van der Waals surface area contributed by atoms with Crippen LogP contribution in [0.5, 0.6) is 11.5 Å². The predicted octanol–water partition coefficient (Wildman–Crippen LogP) is 6.05. The first-order valence-electron chi connectivity index (χ1n) is 14.5. The largest absolute Gasteiger partial charge is 0.493 e. The molecule has 2 aliphatic rings. The molecular weight excluding hydrogens is 496 g/mol. The van der Waals surface area contributed by atoms with Gasteiger partial charge in [0.2, 0.25) is 5.52 Å². The molecule has 40 heavy (non-hydrogen) atoms. The van der Waals surface area contributed by atoms with Crippen molar-refractivity contribution in [3.05, 3.63) is 101 Å². The second-order valence-electron chi connectivity index (χ2n) is 12.1. The number of fused-ring (bicyclic) bond motifs is 2. The van der Waals surface area contributed by atoms with Crippen LogP contribution in [0.3, 0.4) is 0 Å². The molecule has 1 fully saturated rings. The van der Waals surface area contributed by atoms with Crippen LogP contribution in [0.2, 0.25) is 0 Å². The Kier molecular flexibility index (Phi) is 7.33. The fourth-order valence-corrected chi connectivity index (χ4v) is 6.75. The van der Waals surface area contributed by atoms with Crippen LogP contribution < -0.4 is 14.0 Å². The summed E-state index contributed by atoms with van der Waals surface area (Å²) >= 11 is 0. The fourth-order valence-electron chi connectivity index (χ4n) is 6.75. The number of rotatable bonds is 8. The van der Waals surface area contributed by atoms with E-state index in [4.69, 9.17) is 9.47 Å². The predicted molar refractivity (Wildman–Crippen MR) is 157 cm³/mol. The molecule has 1 atom stereocenters. The van der Waals surface area contributed by atoms with Gasteiger partial charge in [0.25, 0.3) is 0 Å². The van der Waals surface area contributed by atoms with Gasteiger partial charge in [-0.15, -0.1) is 0 Å². The lowest BCUT2D eigenvalue weighted by molar-refractivity contribution is -0.928. The summed E-state index contributed by atoms with van der Waals surface area (Å²) in [6, 6.07) is 25.3. The number of ether oxygens (including phenoxy) is 2. The number of Topliss-reactive ketones (excluding diaryl/α,β-unsaturated/α-hetero) is 1. The van der Waals surface area contributed by atoms with Crippen LogP contribution in [0, 0.1) is 11.8 Å². The molecule has 0 spiro atoms. The molecule has 5 nitrogen and oxygen atoms in total. The summed E-state index contributed by atoms with van der Waals surface area (Å²) in [5, 5.41) is 1.19. The van der Waals surface area contributed by atoms with E-state index in [0.29, 0.717) is 24.0 Å². The molecule has 1 saturated heterocycles. The molecule has 1 unspecified atom stereocenters. The second-order valence-corrected chi connectivity index (χ2v) is 12.1. The number of hydrogen-bond acceptors (Lipinski definition) is 3. The number of quaternary nitrogens is 1. The van der Waals surface area contributed by atoms with Crippen molar-refractivity contribution >= 4 is 16.7 Å². The standard InChI is InChI=1S/C35H40N2O3/c1-36-15-7-10-28-12-11-27(19-32(28)36)24-40-34-22-31-29(21-33(34)39-3)20-30(35(31)38)18-25-13-16-37(2,17-14-25)23-26-8-5-4-6-9-26/h4-12,15,19,21-22,25,30H,13-14,16-18,20,23-24H2,1-3H3/q+2. The number of hydrogen-bond donors (Lipinski definition) is 0. The number of aromatic nitrogens is 1. The second kappa shape index (κ2) is 11.1. The molecule has 6 rings (SSSR count). The molecule has 1 aliphatic heterocycles. The van der Waals surface area contributed by atoms with Gasteiger partial charge in [-0.2, -0.15) is 0 Å². The maximum atomic E-state index is 13.5. The average molecular weight is 537 g/mol. The van der Waals surface area contributed by atoms with E-state index in [0.717, 1.165) is 46.1 Å². The van der Waals surface area contributed by atoms with E-state index in [2.05, 4.69) is 72.3 Å². The molecule has 0 amide bonds. The molecule has 5 heteroatoms. The Bertz CT molecular complexity index is 1520. The number of aryl methyl sites for hydroxylation is 1. The minimum Gasteiger partial charge on any atom is -0.493 e. The van der Waals surface area contributed by atoms with Crippen molar-refractivity contribution in [3.8, 4) is 11.5 Å². The lowest BCUT2D eigenvalue weighted by atomic mass is 9.84. The summed E-state index contributed by atoms with van der Waals surface area (Å²) in [6.45, 7) is 3.85. The van der Waals surface area contributed by atoms with Gasteiger partial charge in [0.1, 0.15) is 20.2 Å². The molecule has 206 valence electrons. The van der Waals surface area contributed by atoms with E-state index in [9.17, 15) is 4.79 Å². The highest BCUT2D eigenvalue weighted by Gasteiger charge is 2.37. The average Bonchev–Trinajstić information content (AvgIpc) is 3.27. The fraction of sp³-hybridized carbons (Fsp3) is 0.371. The third kappa shape index (κ3) is 5.48. The Morgan fingerprint density at radius 3 is 2.50 bits per heavy atom. The van der Waals surface area contributed by atoms with Crippen molar-refractivity contribution in [2.45, 2.75) is 38.8 Å². The number of carbonyl (C=O) groups is 1. The van der Waals surface area contributed by atoms with Crippen molar-refractivity contribution in [3.63, 3.8) is 0 Å². The first kappa shape index (κ1) is 26.5. The molecule has 0 saturated carbocycles. The van der Waals surface area contributed by atoms with Crippen LogP contribution >= 0.6 is 0 Å². The molecule has 1 aromatic heterocycles. The van der Waals surface area contributed by atoms with Crippen LogP contribution in [-0.2, 0) is 26.6 Å². The topological polar surface area (TPSA) is 39.4 Å². The summed E-state index contributed by atoms with van der Waals surface area (Å²) < 4.78 is 15.1. The van der Waals surface area contributed by atoms with Gasteiger partial charge in [0.15, 0.2) is 23.5 Å². The van der Waals surface area contributed by atoms with Crippen molar-refractivity contribution < 1.29 is 23.3 Å². The van der Waals surface area contributed by atoms with E-state index < -0.39 is 0 Å². The van der Waals surface area contributed by atoms with E-state index in [1.54, 1.807) is 7.11 Å². The summed E-state index contributed by atoms with van der Waals surface area (Å²) in [6.07, 6.45) is 6.20. The van der Waals surface area contributed by atoms with E-state index in [1.165, 1.54) is 36.9 Å². The van der Waals surface area contributed by atoms with Crippen molar-refractivity contribution in [1.82, 2.24) is 0 Å². The lowest BCUT2D eigenvalue weighted by Crippen LogP contribution is -2.49. The van der Waals surface area contributed by atoms with Gasteiger partial charge in [-0.1, -0.05) is 36.4 Å². The summed E-state index contributed by atoms with van der Waals surface area (Å²) in [7, 11) is 6.10. The Morgan fingerprint density at radius 1 is 0.925 bits per heavy atom. The first-order valence-corrected chi connectivity index (χ1v) is 14.5. The smallest absolute Gasteiger partial charge is 0.212 e. The summed E-state index contributed by atoms with van der Waals surface area (Å²) in [5.41, 5.74) is 5.55. The number of benzene rings is 3. The number of pyridine rings is 1. The number of piperidine rings is 1. The van der Waals surface area contributed by atoms with Gasteiger partial charge in [-0.3, -0.25) is 4.79 Å². The first-order chi connectivity index (χ1) is 19.4. The maximum absolute atomic E-state index is 13.5. The van der Waals surface area contributed by atoms with Crippen LogP contribution in [0.25, 0.3) is 10.9 Å². The van der Waals surface area contributed by atoms with Crippen LogP contribution in [0.4, 0.5) is 0 Å². The van der Waals surface area contributed by atoms with Gasteiger partial charge in [-0.05, 0) is 67.0 Å². The zero-order chi connectivity index (χ0) is 27.7. The molecule has 1 aliphatic carbocycles. The summed E-state index contributed by atoms with van der Waals surface area (Å²) in [4.78, 5) is 13.5. The van der Waals surface area contributed by atoms with Crippen molar-refractivity contribution in [2.24, 2.45) is 18.9 Å². The van der Waals surface area contributed by atoms with E-state index in [1.807, 2.05) is 25.4 Å². The van der Waals surface area contributed by atoms with Crippen LogP contribution in [0.15, 0.2) is 79.0 Å². The highest BCUT2D eigenvalue weighted by molar-refractivity contribution is 6.02. The summed E-state index contributed by atoms with van der Waals surface area (Å²) in [5.74, 6) is 2.28. The third-order valence-corrected chi connectivity index (χ3v) is 9.13. The molecule has 0 bridgehead atoms. The Morgan fingerprint density at radius 2 is 1.73 bits per heavy atom. The van der Waals surface area contributed by atoms with Crippen molar-refractivity contribution in [1.29, 1.82) is 0 Å². The highest BCUT2D eigenvalue weighted by Crippen LogP contribution is 2.40. The molecular formula is C35H40N2O3+2. The molecule has 4 aromatic rings. The minimum atomic E-state index is 0.0615. The maximum Gasteiger partial charge on any atom is 0.212 e. The normalized spacial score (nSPS) is 22.3. The van der Waals surface area contributed by atoms with Gasteiger partial charge >= 0.3 is 0 Å². The zero-order valence-electron chi connectivity index (χ0n) is 23.9. The number of ketones is 1. The Balaban J connectivity index is 1.10. The number of methoxy groups -OCH3 is 1. The zero-order valence-corrected chi connectivity index (χ0v) is 23.9. The van der Waals surface area contributed by atoms with Gasteiger partial charge in [-0.25, -0.2) is 4.57 Å². The SMILES string of the molecule is COc1cc2c(cc1OCc1ccc3ccc[n+](C)c3c1)C(=O)C(CC1CC[N+](C)(Cc3ccccc3)CC1)C2. The number of likely N-dealkylation sites (tertiary alicyclic amines) is 1. The van der Waals surface area contributed by atoms with Crippen LogP contribution in [-0.4, -0.2) is 37.5 Å². The highest BCUT2D eigenvalue weighted by atomic mass is 16.5. The van der Waals surface area contributed by atoms with Crippen LogP contribution in [0.1, 0.15) is 46.3 Å². The van der Waals surface area contributed by atoms with Gasteiger partial charge in [0.05, 0.1) is 27.2 Å². The monoisotopic (exact) mass is 536 g/mol. The van der Waals surface area contributed by atoms with Crippen molar-refractivity contribution in [2.75, 3.05) is 27.2 Å². The van der Waals surface area contributed by atoms with E-state index >= 15 is 0 Å². The Hall–Kier alpha value is -3.70. The lowest BCUT2D eigenvalue weighted by Gasteiger charge is -2.41. The molecule has 3 aromatic carbocycles. The number of carbonyl (C=O) groups excluding carboxylic acids is 1. The quantitative estimate of drug-likeness (QED) is 0.203. The molecule has 2 heterocycles. The molecule has 0 radical (unpaired) electrons.